The molecule has 164 valence electrons. The average molecular weight is 442 g/mol. The Morgan fingerprint density at radius 2 is 1.57 bits per heavy atom. The second-order valence-electron chi connectivity index (χ2n) is 6.75. The highest BCUT2D eigenvalue weighted by Crippen LogP contribution is 2.40. The maximum atomic E-state index is 14.0. The second-order valence-corrected chi connectivity index (χ2v) is 8.65. The number of nitrogens with zero attached hydrogens (tertiary/aromatic N) is 2. The van der Waals surface area contributed by atoms with Gasteiger partial charge in [-0.1, -0.05) is 6.07 Å². The van der Waals surface area contributed by atoms with Crippen molar-refractivity contribution in [2.45, 2.75) is 11.4 Å². The van der Waals surface area contributed by atoms with Gasteiger partial charge in [-0.2, -0.15) is 4.31 Å². The number of sulfonamides is 1. The van der Waals surface area contributed by atoms with Crippen molar-refractivity contribution in [3.05, 3.63) is 47.5 Å². The van der Waals surface area contributed by atoms with E-state index in [0.717, 1.165) is 17.7 Å². The number of piperazine rings is 1. The Bertz CT molecular complexity index is 1010. The molecule has 0 atom stereocenters. The topological polar surface area (TPSA) is 68.3 Å². The lowest BCUT2D eigenvalue weighted by molar-refractivity contribution is 0.179. The summed E-state index contributed by atoms with van der Waals surface area (Å²) in [5, 5.41) is 0. The molecule has 0 amide bonds. The van der Waals surface area contributed by atoms with Crippen molar-refractivity contribution in [1.29, 1.82) is 0 Å². The van der Waals surface area contributed by atoms with Crippen LogP contribution in [-0.2, 0) is 16.6 Å². The molecule has 1 saturated heterocycles. The second kappa shape index (κ2) is 9.15. The molecule has 1 aliphatic rings. The largest absolute Gasteiger partial charge is 0.493 e. The van der Waals surface area contributed by atoms with Crippen molar-refractivity contribution >= 4 is 10.0 Å². The molecule has 10 heteroatoms. The van der Waals surface area contributed by atoms with Crippen LogP contribution in [0.5, 0.6) is 17.2 Å². The summed E-state index contributed by atoms with van der Waals surface area (Å²) in [6, 6.07) is 6.08. The minimum Gasteiger partial charge on any atom is -0.493 e. The molecule has 2 aromatic rings. The molecule has 1 aliphatic heterocycles. The minimum absolute atomic E-state index is 0.161. The zero-order valence-corrected chi connectivity index (χ0v) is 17.8. The van der Waals surface area contributed by atoms with Crippen molar-refractivity contribution in [3.63, 3.8) is 0 Å². The first kappa shape index (κ1) is 22.3. The van der Waals surface area contributed by atoms with Crippen LogP contribution in [0.15, 0.2) is 35.2 Å². The molecule has 1 heterocycles. The summed E-state index contributed by atoms with van der Waals surface area (Å²) < 4.78 is 70.2. The van der Waals surface area contributed by atoms with Gasteiger partial charge in [-0.15, -0.1) is 0 Å². The minimum atomic E-state index is -4.11. The van der Waals surface area contributed by atoms with Crippen LogP contribution in [0.25, 0.3) is 0 Å². The normalized spacial score (nSPS) is 15.8. The van der Waals surface area contributed by atoms with Gasteiger partial charge in [0.05, 0.1) is 21.3 Å². The summed E-state index contributed by atoms with van der Waals surface area (Å²) in [5.41, 5.74) is 0.864. The van der Waals surface area contributed by atoms with Gasteiger partial charge in [-0.3, -0.25) is 4.90 Å². The van der Waals surface area contributed by atoms with Gasteiger partial charge in [0.15, 0.2) is 11.5 Å². The molecule has 0 bridgehead atoms. The Morgan fingerprint density at radius 3 is 2.17 bits per heavy atom. The highest BCUT2D eigenvalue weighted by atomic mass is 32.2. The summed E-state index contributed by atoms with van der Waals surface area (Å²) >= 11 is 0. The fourth-order valence-electron chi connectivity index (χ4n) is 3.47. The molecule has 1 fully saturated rings. The quantitative estimate of drug-likeness (QED) is 0.657. The number of rotatable bonds is 7. The Balaban J connectivity index is 1.73. The van der Waals surface area contributed by atoms with E-state index in [4.69, 9.17) is 14.2 Å². The van der Waals surface area contributed by atoms with Crippen molar-refractivity contribution in [2.75, 3.05) is 47.5 Å². The van der Waals surface area contributed by atoms with E-state index >= 15 is 0 Å². The Kier molecular flexibility index (Phi) is 6.79. The number of ether oxygens (including phenoxy) is 3. The Morgan fingerprint density at radius 1 is 0.900 bits per heavy atom. The van der Waals surface area contributed by atoms with Crippen LogP contribution < -0.4 is 14.2 Å². The summed E-state index contributed by atoms with van der Waals surface area (Å²) in [4.78, 5) is 1.41. The molecule has 0 saturated carbocycles. The van der Waals surface area contributed by atoms with E-state index in [1.165, 1.54) is 18.5 Å². The van der Waals surface area contributed by atoms with Gasteiger partial charge in [-0.05, 0) is 24.3 Å². The monoisotopic (exact) mass is 442 g/mol. The van der Waals surface area contributed by atoms with Gasteiger partial charge in [0.2, 0.25) is 15.8 Å². The van der Waals surface area contributed by atoms with Gasteiger partial charge < -0.3 is 14.2 Å². The van der Waals surface area contributed by atoms with Crippen LogP contribution in [0.4, 0.5) is 8.78 Å². The highest BCUT2D eigenvalue weighted by molar-refractivity contribution is 7.89. The van der Waals surface area contributed by atoms with Gasteiger partial charge in [0.1, 0.15) is 16.5 Å². The predicted octanol–water partition coefficient (Wildman–Crippen LogP) is 2.50. The molecule has 0 unspecified atom stereocenters. The van der Waals surface area contributed by atoms with Crippen LogP contribution in [0, 0.1) is 11.6 Å². The fourth-order valence-corrected chi connectivity index (χ4v) is 4.97. The Labute approximate surface area is 174 Å². The summed E-state index contributed by atoms with van der Waals surface area (Å²) in [6.45, 7) is 1.68. The van der Waals surface area contributed by atoms with E-state index in [1.54, 1.807) is 13.2 Å². The van der Waals surface area contributed by atoms with Crippen LogP contribution in [0.2, 0.25) is 0 Å². The van der Waals surface area contributed by atoms with Crippen molar-refractivity contribution < 1.29 is 31.4 Å². The molecule has 3 rings (SSSR count). The number of hydrogen-bond donors (Lipinski definition) is 0. The smallest absolute Gasteiger partial charge is 0.246 e. The lowest BCUT2D eigenvalue weighted by atomic mass is 10.1. The van der Waals surface area contributed by atoms with Crippen molar-refractivity contribution in [1.82, 2.24) is 9.21 Å². The van der Waals surface area contributed by atoms with Crippen LogP contribution in [0.1, 0.15) is 5.56 Å². The van der Waals surface area contributed by atoms with E-state index in [0.29, 0.717) is 42.9 Å². The van der Waals surface area contributed by atoms with Gasteiger partial charge in [0, 0.05) is 38.3 Å². The number of hydrogen-bond acceptors (Lipinski definition) is 6. The highest BCUT2D eigenvalue weighted by Gasteiger charge is 2.31. The number of methoxy groups -OCH3 is 3. The summed E-state index contributed by atoms with van der Waals surface area (Å²) in [5.74, 6) is -0.178. The third-order valence-corrected chi connectivity index (χ3v) is 6.94. The Hall–Kier alpha value is -2.43. The first-order valence-corrected chi connectivity index (χ1v) is 10.7. The van der Waals surface area contributed by atoms with E-state index in [9.17, 15) is 17.2 Å². The zero-order valence-electron chi connectivity index (χ0n) is 17.0. The summed E-state index contributed by atoms with van der Waals surface area (Å²) in [7, 11) is 0.494. The van der Waals surface area contributed by atoms with Crippen molar-refractivity contribution in [3.8, 4) is 17.2 Å². The molecule has 0 N–H and O–H groups in total. The average Bonchev–Trinajstić information content (AvgIpc) is 2.75. The van der Waals surface area contributed by atoms with Crippen LogP contribution >= 0.6 is 0 Å². The van der Waals surface area contributed by atoms with Gasteiger partial charge in [-0.25, -0.2) is 17.2 Å². The predicted molar refractivity (Wildman–Crippen MR) is 106 cm³/mol. The molecular weight excluding hydrogens is 418 g/mol. The zero-order chi connectivity index (χ0) is 21.9. The third-order valence-electron chi connectivity index (χ3n) is 5.02. The third kappa shape index (κ3) is 4.35. The first-order chi connectivity index (χ1) is 14.3. The van der Waals surface area contributed by atoms with Gasteiger partial charge in [0.25, 0.3) is 0 Å². The van der Waals surface area contributed by atoms with E-state index < -0.39 is 26.6 Å². The SMILES string of the molecule is COc1ccc(CN2CCN(S(=O)(=O)c3cc(F)ccc3F)CC2)c(OC)c1OC. The molecule has 30 heavy (non-hydrogen) atoms. The maximum absolute atomic E-state index is 14.0. The standard InChI is InChI=1S/C20H24F2N2O5S/c1-27-17-7-4-14(19(28-2)20(17)29-3)13-23-8-10-24(11-9-23)30(25,26)18-12-15(21)5-6-16(18)22/h4-7,12H,8-11,13H2,1-3H3. The van der Waals surface area contributed by atoms with Crippen molar-refractivity contribution in [2.24, 2.45) is 0 Å². The molecule has 0 spiro atoms. The molecule has 0 aromatic heterocycles. The molecular formula is C20H24F2N2O5S. The molecule has 7 nitrogen and oxygen atoms in total. The maximum Gasteiger partial charge on any atom is 0.246 e. The van der Waals surface area contributed by atoms with Crippen LogP contribution in [-0.4, -0.2) is 65.1 Å². The number of benzene rings is 2. The lowest BCUT2D eigenvalue weighted by Crippen LogP contribution is -2.48. The van der Waals surface area contributed by atoms with E-state index in [1.807, 2.05) is 6.07 Å². The first-order valence-electron chi connectivity index (χ1n) is 9.27. The summed E-state index contributed by atoms with van der Waals surface area (Å²) in [6.07, 6.45) is 0. The van der Waals surface area contributed by atoms with E-state index in [-0.39, 0.29) is 13.1 Å². The molecule has 2 aromatic carbocycles. The van der Waals surface area contributed by atoms with Crippen LogP contribution in [0.3, 0.4) is 0 Å². The molecule has 0 radical (unpaired) electrons. The molecule has 0 aliphatic carbocycles. The van der Waals surface area contributed by atoms with E-state index in [2.05, 4.69) is 4.90 Å². The fraction of sp³-hybridized carbons (Fsp3) is 0.400. The lowest BCUT2D eigenvalue weighted by Gasteiger charge is -2.34. The number of halogens is 2. The van der Waals surface area contributed by atoms with Gasteiger partial charge >= 0.3 is 0 Å².